The van der Waals surface area contributed by atoms with Crippen LogP contribution in [0.15, 0.2) is 176 Å². The highest BCUT2D eigenvalue weighted by atomic mass is 15.0. The molecule has 1 heterocycles. The maximum absolute atomic E-state index is 4.96. The van der Waals surface area contributed by atoms with Gasteiger partial charge < -0.3 is 0 Å². The van der Waals surface area contributed by atoms with E-state index in [-0.39, 0.29) is 0 Å². The summed E-state index contributed by atoms with van der Waals surface area (Å²) < 4.78 is 0. The van der Waals surface area contributed by atoms with Crippen molar-refractivity contribution < 1.29 is 0 Å². The molecule has 0 saturated heterocycles. The van der Waals surface area contributed by atoms with E-state index in [1.807, 2.05) is 60.7 Å². The second kappa shape index (κ2) is 11.5. The van der Waals surface area contributed by atoms with Crippen LogP contribution in [0.5, 0.6) is 0 Å². The van der Waals surface area contributed by atoms with Crippen LogP contribution in [-0.4, -0.2) is 15.0 Å². The molecule has 0 bridgehead atoms. The molecular formula is C47H29N3. The van der Waals surface area contributed by atoms with Gasteiger partial charge in [-0.15, -0.1) is 0 Å². The molecule has 9 aromatic carbocycles. The lowest BCUT2D eigenvalue weighted by Crippen LogP contribution is -2.00. The van der Waals surface area contributed by atoms with E-state index in [1.165, 1.54) is 59.4 Å². The average Bonchev–Trinajstić information content (AvgIpc) is 3.20. The smallest absolute Gasteiger partial charge is 0.164 e. The van der Waals surface area contributed by atoms with Crippen molar-refractivity contribution in [3.63, 3.8) is 0 Å². The summed E-state index contributed by atoms with van der Waals surface area (Å²) in [5.41, 5.74) is 5.21. The SMILES string of the molecule is c1ccc(-c2nc(-c3ccccc3)nc(-c3ccc(-c4cc5cccc6c7ccccc7c7ccccc7c7cccc4c7c56)cc3)n2)cc1. The van der Waals surface area contributed by atoms with Gasteiger partial charge in [-0.05, 0) is 71.1 Å². The number of benzene rings is 8. The maximum Gasteiger partial charge on any atom is 0.164 e. The third kappa shape index (κ3) is 4.56. The van der Waals surface area contributed by atoms with Crippen LogP contribution in [-0.2, 0) is 0 Å². The van der Waals surface area contributed by atoms with Crippen LogP contribution < -0.4 is 0 Å². The number of hydrogen-bond donors (Lipinski definition) is 0. The zero-order chi connectivity index (χ0) is 33.0. The fraction of sp³-hybridized carbons (Fsp3) is 0. The van der Waals surface area contributed by atoms with Crippen molar-refractivity contribution in [1.82, 2.24) is 15.0 Å². The van der Waals surface area contributed by atoms with E-state index >= 15 is 0 Å². The largest absolute Gasteiger partial charge is 0.208 e. The Kier molecular flexibility index (Phi) is 6.49. The molecule has 1 aromatic heterocycles. The fourth-order valence-electron chi connectivity index (χ4n) is 7.58. The molecular weight excluding hydrogens is 607 g/mol. The van der Waals surface area contributed by atoms with Crippen molar-refractivity contribution >= 4 is 53.9 Å². The molecule has 10 aromatic rings. The Bertz CT molecular complexity index is 2840. The highest BCUT2D eigenvalue weighted by molar-refractivity contribution is 6.34. The molecule has 232 valence electrons. The van der Waals surface area contributed by atoms with Gasteiger partial charge in [-0.2, -0.15) is 0 Å². The average molecular weight is 636 g/mol. The lowest BCUT2D eigenvalue weighted by Gasteiger charge is -2.16. The molecule has 0 aliphatic carbocycles. The minimum Gasteiger partial charge on any atom is -0.208 e. The van der Waals surface area contributed by atoms with E-state index in [1.54, 1.807) is 0 Å². The van der Waals surface area contributed by atoms with Crippen molar-refractivity contribution in [3.8, 4) is 45.3 Å². The van der Waals surface area contributed by atoms with E-state index in [9.17, 15) is 0 Å². The number of hydrogen-bond acceptors (Lipinski definition) is 3. The van der Waals surface area contributed by atoms with Crippen LogP contribution in [0.25, 0.3) is 99.2 Å². The Hall–Kier alpha value is -6.71. The van der Waals surface area contributed by atoms with Gasteiger partial charge in [0, 0.05) is 16.7 Å². The molecule has 0 radical (unpaired) electrons. The molecule has 0 aliphatic rings. The summed E-state index contributed by atoms with van der Waals surface area (Å²) in [5, 5.41) is 12.6. The summed E-state index contributed by atoms with van der Waals surface area (Å²) in [6.45, 7) is 0. The number of rotatable bonds is 4. The Morgan fingerprint density at radius 1 is 0.260 bits per heavy atom. The monoisotopic (exact) mass is 635 g/mol. The summed E-state index contributed by atoms with van der Waals surface area (Å²) in [6.07, 6.45) is 0. The van der Waals surface area contributed by atoms with Crippen molar-refractivity contribution in [2.45, 2.75) is 0 Å². The molecule has 0 atom stereocenters. The molecule has 0 N–H and O–H groups in total. The van der Waals surface area contributed by atoms with E-state index in [0.717, 1.165) is 22.3 Å². The molecule has 3 heteroatoms. The molecule has 0 saturated carbocycles. The van der Waals surface area contributed by atoms with E-state index < -0.39 is 0 Å². The first-order valence-corrected chi connectivity index (χ1v) is 17.0. The number of aromatic nitrogens is 3. The van der Waals surface area contributed by atoms with Crippen LogP contribution in [0.3, 0.4) is 0 Å². The van der Waals surface area contributed by atoms with E-state index in [2.05, 4.69) is 115 Å². The third-order valence-corrected chi connectivity index (χ3v) is 9.88. The molecule has 0 spiro atoms. The van der Waals surface area contributed by atoms with Crippen LogP contribution >= 0.6 is 0 Å². The standard InChI is InChI=1S/C47H29N3/c1-3-13-31(14-4-1)45-48-46(32-15-5-2-6-16-32)50-47(49-45)33-27-25-30(26-28-33)42-29-34-17-11-22-39-37-20-9-7-18-35(37)36-19-8-10-21-38(36)40-23-12-24-41(42)44(40)43(34)39/h1-29H. The van der Waals surface area contributed by atoms with Crippen molar-refractivity contribution in [1.29, 1.82) is 0 Å². The summed E-state index contributed by atoms with van der Waals surface area (Å²) >= 11 is 0. The van der Waals surface area contributed by atoms with Crippen molar-refractivity contribution in [2.24, 2.45) is 0 Å². The van der Waals surface area contributed by atoms with Crippen molar-refractivity contribution in [3.05, 3.63) is 176 Å². The number of fused-ring (bicyclic) bond motifs is 5. The first-order valence-electron chi connectivity index (χ1n) is 17.0. The summed E-state index contributed by atoms with van der Waals surface area (Å²) in [4.78, 5) is 14.8. The summed E-state index contributed by atoms with van der Waals surface area (Å²) in [7, 11) is 0. The van der Waals surface area contributed by atoms with Crippen LogP contribution in [0.4, 0.5) is 0 Å². The van der Waals surface area contributed by atoms with Gasteiger partial charge in [0.2, 0.25) is 0 Å². The first kappa shape index (κ1) is 28.3. The van der Waals surface area contributed by atoms with Gasteiger partial charge in [-0.1, -0.05) is 170 Å². The van der Waals surface area contributed by atoms with Crippen LogP contribution in [0, 0.1) is 0 Å². The lowest BCUT2D eigenvalue weighted by molar-refractivity contribution is 1.07. The number of nitrogens with zero attached hydrogens (tertiary/aromatic N) is 3. The Labute approximate surface area is 289 Å². The molecule has 0 aliphatic heterocycles. The van der Waals surface area contributed by atoms with Gasteiger partial charge >= 0.3 is 0 Å². The highest BCUT2D eigenvalue weighted by Gasteiger charge is 2.17. The Balaban J connectivity index is 1.20. The lowest BCUT2D eigenvalue weighted by atomic mass is 9.87. The van der Waals surface area contributed by atoms with Gasteiger partial charge in [0.15, 0.2) is 17.5 Å². The topological polar surface area (TPSA) is 38.7 Å². The molecule has 0 fully saturated rings. The molecule has 50 heavy (non-hydrogen) atoms. The minimum atomic E-state index is 0.650. The summed E-state index contributed by atoms with van der Waals surface area (Å²) in [5.74, 6) is 1.97. The third-order valence-electron chi connectivity index (χ3n) is 9.88. The molecule has 10 rings (SSSR count). The van der Waals surface area contributed by atoms with Crippen LogP contribution in [0.2, 0.25) is 0 Å². The Morgan fingerprint density at radius 3 is 1.18 bits per heavy atom. The fourth-order valence-corrected chi connectivity index (χ4v) is 7.58. The van der Waals surface area contributed by atoms with Gasteiger partial charge in [0.05, 0.1) is 0 Å². The molecule has 0 unspecified atom stereocenters. The quantitative estimate of drug-likeness (QED) is 0.181. The van der Waals surface area contributed by atoms with Crippen LogP contribution in [0.1, 0.15) is 0 Å². The molecule has 0 amide bonds. The van der Waals surface area contributed by atoms with Crippen molar-refractivity contribution in [2.75, 3.05) is 0 Å². The zero-order valence-electron chi connectivity index (χ0n) is 27.1. The normalized spacial score (nSPS) is 11.6. The second-order valence-corrected chi connectivity index (χ2v) is 12.8. The van der Waals surface area contributed by atoms with E-state index in [0.29, 0.717) is 17.5 Å². The first-order chi connectivity index (χ1) is 24.8. The Morgan fingerprint density at radius 2 is 0.640 bits per heavy atom. The van der Waals surface area contributed by atoms with Gasteiger partial charge in [-0.3, -0.25) is 0 Å². The second-order valence-electron chi connectivity index (χ2n) is 12.8. The minimum absolute atomic E-state index is 0.650. The van der Waals surface area contributed by atoms with E-state index in [4.69, 9.17) is 15.0 Å². The maximum atomic E-state index is 4.96. The van der Waals surface area contributed by atoms with Gasteiger partial charge in [0.25, 0.3) is 0 Å². The predicted octanol–water partition coefficient (Wildman–Crippen LogP) is 12.3. The van der Waals surface area contributed by atoms with Gasteiger partial charge in [-0.25, -0.2) is 15.0 Å². The summed E-state index contributed by atoms with van der Waals surface area (Å²) in [6, 6.07) is 62.4. The van der Waals surface area contributed by atoms with Gasteiger partial charge in [0.1, 0.15) is 0 Å². The molecule has 3 nitrogen and oxygen atoms in total. The highest BCUT2D eigenvalue weighted by Crippen LogP contribution is 2.43. The predicted molar refractivity (Wildman–Crippen MR) is 209 cm³/mol. The zero-order valence-corrected chi connectivity index (χ0v) is 27.1.